The lowest BCUT2D eigenvalue weighted by Crippen LogP contribution is -2.25. The molecule has 0 radical (unpaired) electrons. The molecular weight excluding hydrogens is 204 g/mol. The first-order chi connectivity index (χ1) is 7.59. The van der Waals surface area contributed by atoms with Gasteiger partial charge in [0.05, 0.1) is 6.61 Å². The Morgan fingerprint density at radius 3 is 2.75 bits per heavy atom. The van der Waals surface area contributed by atoms with Crippen molar-refractivity contribution in [3.05, 3.63) is 29.8 Å². The summed E-state index contributed by atoms with van der Waals surface area (Å²) in [7, 11) is 0. The van der Waals surface area contributed by atoms with Crippen molar-refractivity contribution in [2.45, 2.75) is 20.4 Å². The van der Waals surface area contributed by atoms with Gasteiger partial charge >= 0.3 is 6.09 Å². The topological polar surface area (TPSA) is 64.3 Å². The van der Waals surface area contributed by atoms with Gasteiger partial charge in [-0.2, -0.15) is 0 Å². The van der Waals surface area contributed by atoms with Gasteiger partial charge in [0.15, 0.2) is 0 Å². The van der Waals surface area contributed by atoms with Crippen LogP contribution in [0.1, 0.15) is 19.4 Å². The fraction of sp³-hybridized carbons (Fsp3) is 0.417. The third kappa shape index (κ3) is 4.21. The first-order valence-electron chi connectivity index (χ1n) is 5.33. The van der Waals surface area contributed by atoms with Crippen LogP contribution in [0.3, 0.4) is 0 Å². The van der Waals surface area contributed by atoms with Crippen molar-refractivity contribution >= 4 is 11.8 Å². The highest BCUT2D eigenvalue weighted by Gasteiger charge is 2.04. The lowest BCUT2D eigenvalue weighted by Gasteiger charge is -2.09. The molecule has 0 aromatic heterocycles. The summed E-state index contributed by atoms with van der Waals surface area (Å²) >= 11 is 0. The second-order valence-electron chi connectivity index (χ2n) is 4.04. The predicted octanol–water partition coefficient (Wildman–Crippen LogP) is 2.15. The van der Waals surface area contributed by atoms with Crippen LogP contribution in [0.5, 0.6) is 0 Å². The van der Waals surface area contributed by atoms with Crippen LogP contribution in [0, 0.1) is 5.92 Å². The molecule has 1 aromatic rings. The molecule has 0 aliphatic rings. The Hall–Kier alpha value is -1.71. The summed E-state index contributed by atoms with van der Waals surface area (Å²) in [6.07, 6.45) is -0.406. The number of nitrogen functional groups attached to an aromatic ring is 1. The largest absolute Gasteiger partial charge is 0.449 e. The van der Waals surface area contributed by atoms with Gasteiger partial charge in [0.25, 0.3) is 0 Å². The van der Waals surface area contributed by atoms with E-state index in [-0.39, 0.29) is 0 Å². The lowest BCUT2D eigenvalue weighted by molar-refractivity contribution is 0.132. The Morgan fingerprint density at radius 2 is 2.12 bits per heavy atom. The SMILES string of the molecule is CC(C)COC(=O)NCc1ccccc1N. The Bertz CT molecular complexity index is 351. The van der Waals surface area contributed by atoms with Crippen molar-refractivity contribution in [3.8, 4) is 0 Å². The monoisotopic (exact) mass is 222 g/mol. The number of alkyl carbamates (subject to hydrolysis) is 1. The summed E-state index contributed by atoms with van der Waals surface area (Å²) < 4.78 is 4.97. The molecule has 4 heteroatoms. The zero-order valence-electron chi connectivity index (χ0n) is 9.69. The molecular formula is C12H18N2O2. The van der Waals surface area contributed by atoms with E-state index in [1.54, 1.807) is 6.07 Å². The number of nitrogens with one attached hydrogen (secondary N) is 1. The van der Waals surface area contributed by atoms with Gasteiger partial charge < -0.3 is 15.8 Å². The maximum atomic E-state index is 11.3. The fourth-order valence-electron chi connectivity index (χ4n) is 1.16. The molecule has 3 N–H and O–H groups in total. The van der Waals surface area contributed by atoms with Crippen molar-refractivity contribution < 1.29 is 9.53 Å². The van der Waals surface area contributed by atoms with Crippen molar-refractivity contribution in [3.63, 3.8) is 0 Å². The quantitative estimate of drug-likeness (QED) is 0.767. The molecule has 0 aliphatic carbocycles. The number of anilines is 1. The van der Waals surface area contributed by atoms with Gasteiger partial charge in [-0.1, -0.05) is 32.0 Å². The second-order valence-corrected chi connectivity index (χ2v) is 4.04. The van der Waals surface area contributed by atoms with Crippen LogP contribution < -0.4 is 11.1 Å². The average Bonchev–Trinajstić information content (AvgIpc) is 2.25. The molecule has 0 fully saturated rings. The minimum Gasteiger partial charge on any atom is -0.449 e. The van der Waals surface area contributed by atoms with Gasteiger partial charge in [0.2, 0.25) is 0 Å². The van der Waals surface area contributed by atoms with Gasteiger partial charge in [0, 0.05) is 12.2 Å². The molecule has 1 amide bonds. The number of rotatable bonds is 4. The predicted molar refractivity (Wildman–Crippen MR) is 63.9 cm³/mol. The van der Waals surface area contributed by atoms with E-state index in [9.17, 15) is 4.79 Å². The van der Waals surface area contributed by atoms with E-state index in [1.807, 2.05) is 32.0 Å². The standard InChI is InChI=1S/C12H18N2O2/c1-9(2)8-16-12(15)14-7-10-5-3-4-6-11(10)13/h3-6,9H,7-8,13H2,1-2H3,(H,14,15). The average molecular weight is 222 g/mol. The van der Waals surface area contributed by atoms with Crippen LogP contribution in [0.2, 0.25) is 0 Å². The van der Waals surface area contributed by atoms with Crippen molar-refractivity contribution in [1.82, 2.24) is 5.32 Å². The molecule has 0 bridgehead atoms. The van der Waals surface area contributed by atoms with Crippen LogP contribution in [0.4, 0.5) is 10.5 Å². The summed E-state index contributed by atoms with van der Waals surface area (Å²) in [6, 6.07) is 7.41. The van der Waals surface area contributed by atoms with Crippen LogP contribution in [-0.2, 0) is 11.3 Å². The zero-order chi connectivity index (χ0) is 12.0. The van der Waals surface area contributed by atoms with Gasteiger partial charge in [-0.15, -0.1) is 0 Å². The summed E-state index contributed by atoms with van der Waals surface area (Å²) in [5.74, 6) is 0.340. The number of carbonyl (C=O) groups is 1. The molecule has 1 rings (SSSR count). The third-order valence-corrected chi connectivity index (χ3v) is 2.03. The number of nitrogens with two attached hydrogens (primary N) is 1. The van der Waals surface area contributed by atoms with Crippen LogP contribution in [-0.4, -0.2) is 12.7 Å². The highest BCUT2D eigenvalue weighted by molar-refractivity contribution is 5.67. The molecule has 4 nitrogen and oxygen atoms in total. The van der Waals surface area contributed by atoms with Crippen LogP contribution >= 0.6 is 0 Å². The molecule has 0 heterocycles. The van der Waals surface area contributed by atoms with Crippen molar-refractivity contribution in [2.75, 3.05) is 12.3 Å². The highest BCUT2D eigenvalue weighted by Crippen LogP contribution is 2.09. The van der Waals surface area contributed by atoms with E-state index in [2.05, 4.69) is 5.32 Å². The first kappa shape index (κ1) is 12.4. The van der Waals surface area contributed by atoms with E-state index in [1.165, 1.54) is 0 Å². The minimum atomic E-state index is -0.406. The molecule has 0 saturated heterocycles. The summed E-state index contributed by atoms with van der Waals surface area (Å²) in [4.78, 5) is 11.3. The van der Waals surface area contributed by atoms with E-state index in [0.717, 1.165) is 5.56 Å². The smallest absolute Gasteiger partial charge is 0.407 e. The number of ether oxygens (including phenoxy) is 1. The molecule has 0 aliphatic heterocycles. The van der Waals surface area contributed by atoms with Crippen LogP contribution in [0.15, 0.2) is 24.3 Å². The van der Waals surface area contributed by atoms with Crippen LogP contribution in [0.25, 0.3) is 0 Å². The van der Waals surface area contributed by atoms with Crippen molar-refractivity contribution in [2.24, 2.45) is 5.92 Å². The van der Waals surface area contributed by atoms with E-state index < -0.39 is 6.09 Å². The Labute approximate surface area is 95.8 Å². The number of hydrogen-bond donors (Lipinski definition) is 2. The minimum absolute atomic E-state index is 0.340. The number of carbonyl (C=O) groups excluding carboxylic acids is 1. The maximum absolute atomic E-state index is 11.3. The van der Waals surface area contributed by atoms with Gasteiger partial charge in [-0.3, -0.25) is 0 Å². The molecule has 88 valence electrons. The molecule has 16 heavy (non-hydrogen) atoms. The molecule has 0 spiro atoms. The van der Waals surface area contributed by atoms with Gasteiger partial charge in [-0.25, -0.2) is 4.79 Å². The van der Waals surface area contributed by atoms with Crippen molar-refractivity contribution in [1.29, 1.82) is 0 Å². The zero-order valence-corrected chi connectivity index (χ0v) is 9.69. The molecule has 1 aromatic carbocycles. The number of benzene rings is 1. The highest BCUT2D eigenvalue weighted by atomic mass is 16.5. The molecule has 0 unspecified atom stereocenters. The van der Waals surface area contributed by atoms with E-state index in [0.29, 0.717) is 24.8 Å². The Balaban J connectivity index is 2.35. The second kappa shape index (κ2) is 6.00. The normalized spacial score (nSPS) is 10.2. The number of hydrogen-bond acceptors (Lipinski definition) is 3. The van der Waals surface area contributed by atoms with Gasteiger partial charge in [-0.05, 0) is 17.5 Å². The maximum Gasteiger partial charge on any atom is 0.407 e. The summed E-state index contributed by atoms with van der Waals surface area (Å²) in [5, 5.41) is 2.65. The lowest BCUT2D eigenvalue weighted by atomic mass is 10.2. The Morgan fingerprint density at radius 1 is 1.44 bits per heavy atom. The molecule has 0 atom stereocenters. The number of amides is 1. The third-order valence-electron chi connectivity index (χ3n) is 2.03. The van der Waals surface area contributed by atoms with E-state index >= 15 is 0 Å². The van der Waals surface area contributed by atoms with E-state index in [4.69, 9.17) is 10.5 Å². The molecule has 0 saturated carbocycles. The fourth-order valence-corrected chi connectivity index (χ4v) is 1.16. The van der Waals surface area contributed by atoms with Gasteiger partial charge in [0.1, 0.15) is 0 Å². The number of para-hydroxylation sites is 1. The summed E-state index contributed by atoms with van der Waals surface area (Å²) in [6.45, 7) is 4.80. The Kier molecular flexibility index (Phi) is 4.64. The summed E-state index contributed by atoms with van der Waals surface area (Å²) in [5.41, 5.74) is 7.30. The first-order valence-corrected chi connectivity index (χ1v) is 5.33.